The maximum absolute atomic E-state index is 5.35. The fraction of sp³-hybridized carbons (Fsp3) is 0.615. The second-order valence-corrected chi connectivity index (χ2v) is 2.48. The van der Waals surface area contributed by atoms with Crippen LogP contribution in [0.25, 0.3) is 0 Å². The van der Waals surface area contributed by atoms with Crippen molar-refractivity contribution in [1.82, 2.24) is 4.98 Å². The molecule has 15 heavy (non-hydrogen) atoms. The van der Waals surface area contributed by atoms with E-state index in [0.717, 1.165) is 24.5 Å². The lowest BCUT2D eigenvalue weighted by Gasteiger charge is -2.02. The van der Waals surface area contributed by atoms with Gasteiger partial charge in [-0.05, 0) is 25.5 Å². The lowest BCUT2D eigenvalue weighted by molar-refractivity contribution is 0.316. The Bertz CT molecular complexity index is 206. The summed E-state index contributed by atoms with van der Waals surface area (Å²) in [4.78, 5) is 4.11. The summed E-state index contributed by atoms with van der Waals surface area (Å²) in [7, 11) is 0. The number of aryl methyl sites for hydroxylation is 1. The van der Waals surface area contributed by atoms with Crippen molar-refractivity contribution in [2.45, 2.75) is 48.0 Å². The minimum atomic E-state index is 0.769. The molecule has 2 heteroatoms. The lowest BCUT2D eigenvalue weighted by Crippen LogP contribution is -1.95. The van der Waals surface area contributed by atoms with E-state index in [1.54, 1.807) is 6.20 Å². The first-order chi connectivity index (χ1) is 7.33. The molecule has 0 radical (unpaired) electrons. The molecule has 0 aromatic carbocycles. The molecule has 1 rings (SSSR count). The Morgan fingerprint density at radius 1 is 1.13 bits per heavy atom. The zero-order valence-corrected chi connectivity index (χ0v) is 11.0. The third-order valence-corrected chi connectivity index (χ3v) is 1.36. The molecule has 88 valence electrons. The Balaban J connectivity index is 0. The molecule has 0 saturated heterocycles. The summed E-state index contributed by atoms with van der Waals surface area (Å²) in [6.07, 6.45) is 2.79. The first-order valence-electron chi connectivity index (χ1n) is 5.88. The van der Waals surface area contributed by atoms with E-state index in [-0.39, 0.29) is 0 Å². The SMILES string of the molecule is CC.CC.CCCOc1ccc(C)nc1. The molecule has 1 aromatic rings. The molecule has 0 amide bonds. The Morgan fingerprint density at radius 3 is 2.13 bits per heavy atom. The second kappa shape index (κ2) is 12.9. The van der Waals surface area contributed by atoms with Gasteiger partial charge in [0.2, 0.25) is 0 Å². The van der Waals surface area contributed by atoms with Crippen molar-refractivity contribution in [1.29, 1.82) is 0 Å². The number of pyridine rings is 1. The van der Waals surface area contributed by atoms with Crippen LogP contribution in [-0.4, -0.2) is 11.6 Å². The minimum absolute atomic E-state index is 0.769. The molecule has 0 aliphatic carbocycles. The molecule has 0 aliphatic rings. The van der Waals surface area contributed by atoms with E-state index in [9.17, 15) is 0 Å². The number of hydrogen-bond donors (Lipinski definition) is 0. The van der Waals surface area contributed by atoms with Gasteiger partial charge in [0, 0.05) is 5.69 Å². The van der Waals surface area contributed by atoms with Gasteiger partial charge in [0.25, 0.3) is 0 Å². The van der Waals surface area contributed by atoms with Gasteiger partial charge in [-0.1, -0.05) is 34.6 Å². The summed E-state index contributed by atoms with van der Waals surface area (Å²) >= 11 is 0. The predicted octanol–water partition coefficient (Wildman–Crippen LogP) is 4.23. The monoisotopic (exact) mass is 211 g/mol. The van der Waals surface area contributed by atoms with Crippen LogP contribution in [0.1, 0.15) is 46.7 Å². The first-order valence-corrected chi connectivity index (χ1v) is 5.88. The zero-order valence-electron chi connectivity index (χ0n) is 11.0. The highest BCUT2D eigenvalue weighted by atomic mass is 16.5. The molecule has 0 atom stereocenters. The summed E-state index contributed by atoms with van der Waals surface area (Å²) in [5, 5.41) is 0. The van der Waals surface area contributed by atoms with Crippen LogP contribution in [0.15, 0.2) is 18.3 Å². The molecule has 0 unspecified atom stereocenters. The highest BCUT2D eigenvalue weighted by Crippen LogP contribution is 2.08. The molecule has 1 heterocycles. The Morgan fingerprint density at radius 2 is 1.73 bits per heavy atom. The van der Waals surface area contributed by atoms with Crippen molar-refractivity contribution in [3.05, 3.63) is 24.0 Å². The van der Waals surface area contributed by atoms with Gasteiger partial charge in [-0.25, -0.2) is 0 Å². The summed E-state index contributed by atoms with van der Waals surface area (Å²) in [5.41, 5.74) is 1.02. The first kappa shape index (κ1) is 16.4. The summed E-state index contributed by atoms with van der Waals surface area (Å²) < 4.78 is 5.35. The fourth-order valence-corrected chi connectivity index (χ4v) is 0.760. The number of hydrogen-bond acceptors (Lipinski definition) is 2. The normalized spacial score (nSPS) is 7.87. The fourth-order valence-electron chi connectivity index (χ4n) is 0.760. The van der Waals surface area contributed by atoms with Crippen molar-refractivity contribution in [3.63, 3.8) is 0 Å². The summed E-state index contributed by atoms with van der Waals surface area (Å²) in [6.45, 7) is 12.8. The average molecular weight is 211 g/mol. The number of aromatic nitrogens is 1. The standard InChI is InChI=1S/C9H13NO.2C2H6/c1-3-6-11-9-5-4-8(2)10-7-9;2*1-2/h4-5,7H,3,6H2,1-2H3;2*1-2H3. The van der Waals surface area contributed by atoms with Gasteiger partial charge in [0.15, 0.2) is 0 Å². The van der Waals surface area contributed by atoms with Crippen LogP contribution in [0.2, 0.25) is 0 Å². The van der Waals surface area contributed by atoms with E-state index in [1.165, 1.54) is 0 Å². The molecule has 2 nitrogen and oxygen atoms in total. The van der Waals surface area contributed by atoms with Crippen LogP contribution in [0.4, 0.5) is 0 Å². The molecule has 0 saturated carbocycles. The molecule has 0 spiro atoms. The van der Waals surface area contributed by atoms with Crippen LogP contribution in [-0.2, 0) is 0 Å². The van der Waals surface area contributed by atoms with Crippen molar-refractivity contribution in [2.75, 3.05) is 6.61 Å². The Kier molecular flexibility index (Phi) is 14.1. The third kappa shape index (κ3) is 9.26. The van der Waals surface area contributed by atoms with Crippen molar-refractivity contribution in [2.24, 2.45) is 0 Å². The van der Waals surface area contributed by atoms with Gasteiger partial charge >= 0.3 is 0 Å². The highest BCUT2D eigenvalue weighted by Gasteiger charge is 1.90. The van der Waals surface area contributed by atoms with E-state index in [1.807, 2.05) is 46.8 Å². The quantitative estimate of drug-likeness (QED) is 0.746. The maximum atomic E-state index is 5.35. The van der Waals surface area contributed by atoms with Crippen LogP contribution in [0.3, 0.4) is 0 Å². The third-order valence-electron chi connectivity index (χ3n) is 1.36. The van der Waals surface area contributed by atoms with Crippen LogP contribution in [0, 0.1) is 6.92 Å². The lowest BCUT2D eigenvalue weighted by atomic mass is 10.4. The van der Waals surface area contributed by atoms with Gasteiger partial charge in [0.05, 0.1) is 12.8 Å². The molecular formula is C13H25NO. The zero-order chi connectivity index (χ0) is 12.1. The van der Waals surface area contributed by atoms with Gasteiger partial charge in [-0.15, -0.1) is 0 Å². The van der Waals surface area contributed by atoms with Crippen LogP contribution < -0.4 is 4.74 Å². The van der Waals surface area contributed by atoms with E-state index >= 15 is 0 Å². The van der Waals surface area contributed by atoms with Gasteiger partial charge in [-0.2, -0.15) is 0 Å². The average Bonchev–Trinajstić information content (AvgIpc) is 2.34. The molecule has 0 aliphatic heterocycles. The second-order valence-electron chi connectivity index (χ2n) is 2.48. The summed E-state index contributed by atoms with van der Waals surface area (Å²) in [6, 6.07) is 3.89. The van der Waals surface area contributed by atoms with Crippen LogP contribution >= 0.6 is 0 Å². The number of ether oxygens (including phenoxy) is 1. The van der Waals surface area contributed by atoms with Gasteiger partial charge in [0.1, 0.15) is 5.75 Å². The predicted molar refractivity (Wildman–Crippen MR) is 67.5 cm³/mol. The Hall–Kier alpha value is -1.05. The molecular weight excluding hydrogens is 186 g/mol. The van der Waals surface area contributed by atoms with Crippen molar-refractivity contribution < 1.29 is 4.74 Å². The largest absolute Gasteiger partial charge is 0.492 e. The van der Waals surface area contributed by atoms with Crippen molar-refractivity contribution in [3.8, 4) is 5.75 Å². The van der Waals surface area contributed by atoms with E-state index in [0.29, 0.717) is 0 Å². The minimum Gasteiger partial charge on any atom is -0.492 e. The van der Waals surface area contributed by atoms with E-state index < -0.39 is 0 Å². The smallest absolute Gasteiger partial charge is 0.137 e. The highest BCUT2D eigenvalue weighted by molar-refractivity contribution is 5.18. The van der Waals surface area contributed by atoms with Crippen molar-refractivity contribution >= 4 is 0 Å². The topological polar surface area (TPSA) is 22.1 Å². The Labute approximate surface area is 94.7 Å². The van der Waals surface area contributed by atoms with Gasteiger partial charge in [-0.3, -0.25) is 4.98 Å². The maximum Gasteiger partial charge on any atom is 0.137 e. The molecule has 0 bridgehead atoms. The number of rotatable bonds is 3. The van der Waals surface area contributed by atoms with E-state index in [2.05, 4.69) is 11.9 Å². The van der Waals surface area contributed by atoms with Crippen LogP contribution in [0.5, 0.6) is 5.75 Å². The van der Waals surface area contributed by atoms with Gasteiger partial charge < -0.3 is 4.74 Å². The summed E-state index contributed by atoms with van der Waals surface area (Å²) in [5.74, 6) is 0.859. The van der Waals surface area contributed by atoms with E-state index in [4.69, 9.17) is 4.74 Å². The molecule has 1 aromatic heterocycles. The number of nitrogens with zero attached hydrogens (tertiary/aromatic N) is 1. The molecule has 0 fully saturated rings. The molecule has 0 N–H and O–H groups in total.